The van der Waals surface area contributed by atoms with Crippen molar-refractivity contribution in [1.82, 2.24) is 21.3 Å². The number of amides is 4. The molecule has 8 saturated heterocycles. The number of aliphatic hydroxyl groups excluding tert-OH is 25. The summed E-state index contributed by atoms with van der Waals surface area (Å²) >= 11 is 0. The van der Waals surface area contributed by atoms with Crippen molar-refractivity contribution in [2.24, 2.45) is 0 Å². The fourth-order valence-corrected chi connectivity index (χ4v) is 14.5. The average Bonchev–Trinajstić information content (AvgIpc) is 0.750. The molecule has 45 atom stereocenters. The van der Waals surface area contributed by atoms with Crippen molar-refractivity contribution in [2.45, 2.75) is 323 Å². The van der Waals surface area contributed by atoms with E-state index in [9.17, 15) is 157 Å². The van der Waals surface area contributed by atoms with Crippen LogP contribution in [0.15, 0.2) is 0 Å². The molecule has 116 heavy (non-hydrogen) atoms. The molecule has 51 nitrogen and oxygen atoms in total. The van der Waals surface area contributed by atoms with Gasteiger partial charge in [0.15, 0.2) is 44.0 Å². The molecule has 0 aromatic heterocycles. The highest BCUT2D eigenvalue weighted by Gasteiger charge is 2.62. The number of carboxylic acid groups (broad SMARTS) is 1. The molecule has 672 valence electrons. The number of nitrogens with one attached hydrogen (secondary N) is 4. The van der Waals surface area contributed by atoms with E-state index >= 15 is 0 Å². The molecule has 4 amide bonds. The van der Waals surface area contributed by atoms with E-state index in [0.29, 0.717) is 0 Å². The lowest BCUT2D eigenvalue weighted by molar-refractivity contribution is -0.417. The van der Waals surface area contributed by atoms with Crippen molar-refractivity contribution < 1.29 is 233 Å². The molecule has 8 fully saturated rings. The standard InChI is InChI=1S/C65H110N4O47/c1-16-34(83)44(93)47(96)59(103-16)114-55-53(112-58-33(69-21(6)79)51(40(89)28(12-74)106-58)111-61-49(98)46(95)39(88)27(11-73)107-61)41(90)29(13-75)108-62(55)113-54-42(91)30(15-101-57-32(68-20(5)78)43(92)38(87)26(10-72)105-57)109-63(56(54)115-60-48(97)45(94)35(84)17(2)104-60)110-50(22(8-70)66-18(3)76)37(86)25(82)14-102-65(64(99)100)7-23(80)31(67-19(4)77)52(116-65)36(85)24(81)9-71/h16-17,22-63,70-75,80-98H,7-15H2,1-6H3,(H,66,76)(H,67,77)(H,68,78)(H,69,79)(H,99,100)/t16-,17-,22-,23-,24+,25+,26+,27+,28+,29+,30+,31+,32+,33+,34+,35+,36+,37-,38+,39-,40-,41-,42-,43+,44+,45+,46-,47-,48-,49+,50+,51+,52+,53-,54-,55+,56+,57+,58+,59-,60-,61+,62-,63-,65+/m0/s1. The fourth-order valence-electron chi connectivity index (χ4n) is 14.5. The first kappa shape index (κ1) is 97.2. The number of hydrogen-bond donors (Lipinski definition) is 30. The molecule has 30 N–H and O–H groups in total. The molecule has 51 heteroatoms. The summed E-state index contributed by atoms with van der Waals surface area (Å²) in [7, 11) is 0. The summed E-state index contributed by atoms with van der Waals surface area (Å²) in [4.78, 5) is 64.7. The Hall–Kier alpha value is -4.29. The second kappa shape index (κ2) is 42.2. The number of hydrogen-bond acceptors (Lipinski definition) is 46. The molecule has 0 aromatic carbocycles. The molecule has 8 heterocycles. The van der Waals surface area contributed by atoms with Gasteiger partial charge in [0.1, 0.15) is 195 Å². The Labute approximate surface area is 658 Å². The Bertz CT molecular complexity index is 3120. The largest absolute Gasteiger partial charge is 0.477 e. The van der Waals surface area contributed by atoms with Crippen LogP contribution in [0.5, 0.6) is 0 Å². The lowest BCUT2D eigenvalue weighted by Crippen LogP contribution is -2.71. The van der Waals surface area contributed by atoms with Gasteiger partial charge in [0.05, 0.1) is 83.3 Å². The van der Waals surface area contributed by atoms with E-state index in [1.165, 1.54) is 0 Å². The maximum Gasteiger partial charge on any atom is 0.364 e. The first-order valence-corrected chi connectivity index (χ1v) is 36.9. The topological polar surface area (TPSA) is 807 Å². The minimum Gasteiger partial charge on any atom is -0.477 e. The van der Waals surface area contributed by atoms with Gasteiger partial charge in [-0.3, -0.25) is 19.2 Å². The van der Waals surface area contributed by atoms with Gasteiger partial charge in [-0.1, -0.05) is 0 Å². The maximum absolute atomic E-state index is 13.3. The number of aliphatic hydroxyl groups is 25. The molecular formula is C65H110N4O47. The highest BCUT2D eigenvalue weighted by Crippen LogP contribution is 2.41. The summed E-state index contributed by atoms with van der Waals surface area (Å²) in [6.45, 7) is -4.05. The van der Waals surface area contributed by atoms with Crippen LogP contribution in [0.3, 0.4) is 0 Å². The summed E-state index contributed by atoms with van der Waals surface area (Å²) in [5, 5.41) is 301. The number of carbonyl (C=O) groups excluding carboxylic acids is 4. The van der Waals surface area contributed by atoms with Crippen LogP contribution in [0.1, 0.15) is 48.0 Å². The molecule has 8 aliphatic heterocycles. The van der Waals surface area contributed by atoms with E-state index in [2.05, 4.69) is 21.3 Å². The Morgan fingerprint density at radius 1 is 0.414 bits per heavy atom. The normalized spacial score (nSPS) is 45.3. The maximum atomic E-state index is 13.3. The van der Waals surface area contributed by atoms with Gasteiger partial charge >= 0.3 is 5.97 Å². The quantitative estimate of drug-likeness (QED) is 0.0284. The minimum atomic E-state index is -3.27. The lowest BCUT2D eigenvalue weighted by atomic mass is 9.88. The summed E-state index contributed by atoms with van der Waals surface area (Å²) in [5.74, 6) is -9.32. The molecule has 0 bridgehead atoms. The predicted molar refractivity (Wildman–Crippen MR) is 360 cm³/mol. The predicted octanol–water partition coefficient (Wildman–Crippen LogP) is -19.2. The number of rotatable bonds is 34. The van der Waals surface area contributed by atoms with Gasteiger partial charge in [0.25, 0.3) is 5.79 Å². The fraction of sp³-hybridized carbons (Fsp3) is 0.923. The molecular weight excluding hydrogens is 1590 g/mol. The zero-order valence-electron chi connectivity index (χ0n) is 63.0. The second-order valence-electron chi connectivity index (χ2n) is 29.4. The van der Waals surface area contributed by atoms with Crippen molar-refractivity contribution in [3.8, 4) is 0 Å². The van der Waals surface area contributed by atoms with E-state index < -0.39 is 364 Å². The summed E-state index contributed by atoms with van der Waals surface area (Å²) in [6, 6.07) is -7.73. The smallest absolute Gasteiger partial charge is 0.364 e. The molecule has 0 saturated carbocycles. The van der Waals surface area contributed by atoms with Crippen molar-refractivity contribution in [2.75, 3.05) is 52.9 Å². The first-order chi connectivity index (χ1) is 54.5. The molecule has 0 unspecified atom stereocenters. The third-order valence-corrected chi connectivity index (χ3v) is 20.9. The van der Waals surface area contributed by atoms with E-state index in [1.54, 1.807) is 0 Å². The average molecular weight is 1700 g/mol. The van der Waals surface area contributed by atoms with E-state index in [-0.39, 0.29) is 0 Å². The van der Waals surface area contributed by atoms with Gasteiger partial charge in [-0.2, -0.15) is 0 Å². The second-order valence-corrected chi connectivity index (χ2v) is 29.4. The Morgan fingerprint density at radius 3 is 1.31 bits per heavy atom. The van der Waals surface area contributed by atoms with Crippen LogP contribution in [0, 0.1) is 0 Å². The lowest BCUT2D eigenvalue weighted by Gasteiger charge is -2.52. The molecule has 0 spiro atoms. The first-order valence-electron chi connectivity index (χ1n) is 36.9. The van der Waals surface area contributed by atoms with Crippen LogP contribution in [-0.2, 0) is 99.8 Å². The zero-order chi connectivity index (χ0) is 86.3. The van der Waals surface area contributed by atoms with E-state index in [1.807, 2.05) is 0 Å². The number of carboxylic acids is 1. The minimum absolute atomic E-state index is 0.848. The zero-order valence-corrected chi connectivity index (χ0v) is 63.0. The van der Waals surface area contributed by atoms with Gasteiger partial charge in [-0.25, -0.2) is 4.79 Å². The van der Waals surface area contributed by atoms with Gasteiger partial charge < -0.3 is 230 Å². The van der Waals surface area contributed by atoms with E-state index in [0.717, 1.165) is 41.5 Å². The van der Waals surface area contributed by atoms with Gasteiger partial charge in [-0.15, -0.1) is 0 Å². The molecule has 0 aliphatic carbocycles. The van der Waals surface area contributed by atoms with Crippen LogP contribution in [0.2, 0.25) is 0 Å². The van der Waals surface area contributed by atoms with Crippen LogP contribution in [0.25, 0.3) is 0 Å². The van der Waals surface area contributed by atoms with E-state index in [4.69, 9.17) is 75.8 Å². The SMILES string of the molecule is CC(=O)N[C@H]1[C@H](OC[C@H]2O[C@@H](O[C@@H]([C@@H](O)[C@H](O)CO[C@]3(C(=O)O)C[C@H](O)[C@@H](NC(C)=O)[C@H]([C@H](O)[C@H](O)CO)O3)[C@H](CO)NC(C)=O)[C@H](O[C@@H]3O[C@@H](C)[C@@H](O)[C@@H](O)[C@@H]3O)[C@@H](O[C@@H]3O[C@H](CO)[C@H](O)[C@H](O[C@H]4O[C@H](CO)[C@H](O)[C@H](O[C@H]5O[C@H](CO)[C@H](O)[C@H](O)[C@H]5O)[C@H]4NC(C)=O)[C@H]3O[C@@H]3O[C@@H](C)[C@@H](O)[C@@H](O)[C@@H]3O)[C@H]2O)O[C@H](CO)[C@@H](O)[C@@H]1O. The third kappa shape index (κ3) is 22.0. The number of ether oxygens (including phenoxy) is 16. The summed E-state index contributed by atoms with van der Waals surface area (Å²) < 4.78 is 97.0. The number of aliphatic carboxylic acids is 1. The van der Waals surface area contributed by atoms with Crippen LogP contribution < -0.4 is 21.3 Å². The molecule has 0 radical (unpaired) electrons. The van der Waals surface area contributed by atoms with Crippen LogP contribution in [0.4, 0.5) is 0 Å². The van der Waals surface area contributed by atoms with Crippen LogP contribution in [-0.4, -0.2) is 491 Å². The molecule has 0 aromatic rings. The Morgan fingerprint density at radius 2 is 0.819 bits per heavy atom. The van der Waals surface area contributed by atoms with Crippen molar-refractivity contribution in [1.29, 1.82) is 0 Å². The number of carbonyl (C=O) groups is 5. The Kier molecular flexibility index (Phi) is 35.3. The van der Waals surface area contributed by atoms with Crippen molar-refractivity contribution in [3.05, 3.63) is 0 Å². The van der Waals surface area contributed by atoms with Gasteiger partial charge in [0, 0.05) is 34.1 Å². The van der Waals surface area contributed by atoms with Crippen LogP contribution >= 0.6 is 0 Å². The van der Waals surface area contributed by atoms with Gasteiger partial charge in [0.2, 0.25) is 23.6 Å². The van der Waals surface area contributed by atoms with Crippen molar-refractivity contribution in [3.63, 3.8) is 0 Å². The third-order valence-electron chi connectivity index (χ3n) is 20.9. The Balaban J connectivity index is 1.30. The molecule has 8 rings (SSSR count). The van der Waals surface area contributed by atoms with Crippen molar-refractivity contribution >= 4 is 29.6 Å². The summed E-state index contributed by atoms with van der Waals surface area (Å²) in [5.41, 5.74) is 0. The highest BCUT2D eigenvalue weighted by atomic mass is 16.8. The van der Waals surface area contributed by atoms with Gasteiger partial charge in [-0.05, 0) is 13.8 Å². The molecule has 8 aliphatic rings. The monoisotopic (exact) mass is 1700 g/mol. The summed E-state index contributed by atoms with van der Waals surface area (Å²) in [6.07, 6.45) is -90.5. The highest BCUT2D eigenvalue weighted by molar-refractivity contribution is 5.77.